The molecule has 9 nitrogen and oxygen atoms in total. The van der Waals surface area contributed by atoms with E-state index in [9.17, 15) is 24.5 Å². The number of imide groups is 2. The molecule has 0 aromatic heterocycles. The molecule has 0 aliphatic carbocycles. The maximum Gasteiger partial charge on any atom is 0.331 e. The Morgan fingerprint density at radius 3 is 2.44 bits per heavy atom. The van der Waals surface area contributed by atoms with Gasteiger partial charge in [0.2, 0.25) is 11.8 Å². The number of urea groups is 1. The normalized spacial score (nSPS) is 26.4. The van der Waals surface area contributed by atoms with E-state index in [-0.39, 0.29) is 18.0 Å². The Hall–Kier alpha value is -3.75. The maximum absolute atomic E-state index is 14.1. The van der Waals surface area contributed by atoms with Crippen LogP contribution in [0, 0.1) is 15.5 Å². The van der Waals surface area contributed by atoms with Gasteiger partial charge in [-0.2, -0.15) is 0 Å². The van der Waals surface area contributed by atoms with Gasteiger partial charge in [-0.25, -0.2) is 4.79 Å². The van der Waals surface area contributed by atoms with Crippen molar-refractivity contribution in [1.29, 1.82) is 0 Å². The number of hydrogen-bond donors (Lipinski definition) is 1. The van der Waals surface area contributed by atoms with Gasteiger partial charge in [0.05, 0.1) is 11.0 Å². The number of nitrogens with one attached hydrogen (secondary N) is 1. The molecule has 2 saturated heterocycles. The molecule has 4 amide bonds. The monoisotopic (exact) mass is 462 g/mol. The van der Waals surface area contributed by atoms with E-state index in [0.717, 1.165) is 16.2 Å². The van der Waals surface area contributed by atoms with Crippen LogP contribution >= 0.6 is 0 Å². The lowest BCUT2D eigenvalue weighted by Crippen LogP contribution is -2.73. The van der Waals surface area contributed by atoms with Crippen LogP contribution < -0.4 is 10.2 Å². The van der Waals surface area contributed by atoms with E-state index < -0.39 is 39.8 Å². The number of hydrogen-bond acceptors (Lipinski definition) is 6. The molecule has 176 valence electrons. The number of nitro benzene ring substituents is 1. The molecule has 2 fully saturated rings. The van der Waals surface area contributed by atoms with Crippen LogP contribution in [0.3, 0.4) is 0 Å². The molecule has 3 atom stereocenters. The standard InChI is InChI=1S/C25H26N4O5/c1-24(2,3)28-22(31)25(21(30)26-23(28)32)13-16-11-18(29(33)34)9-10-19(16)27-14-17(12-20(25)27)15-7-5-4-6-8-15/h4-11,17,20H,12-14H2,1-3H3,(H,26,30,32)/t17-,20+,25-/m0/s1. The number of non-ortho nitro benzene ring substituents is 1. The van der Waals surface area contributed by atoms with E-state index in [1.54, 1.807) is 26.8 Å². The van der Waals surface area contributed by atoms with E-state index >= 15 is 0 Å². The summed E-state index contributed by atoms with van der Waals surface area (Å²) in [5.74, 6) is -1.12. The van der Waals surface area contributed by atoms with E-state index in [4.69, 9.17) is 0 Å². The largest absolute Gasteiger partial charge is 0.366 e. The van der Waals surface area contributed by atoms with Gasteiger partial charge in [-0.1, -0.05) is 30.3 Å². The van der Waals surface area contributed by atoms with Crippen LogP contribution in [-0.2, 0) is 16.0 Å². The zero-order chi connectivity index (χ0) is 24.4. The van der Waals surface area contributed by atoms with Crippen molar-refractivity contribution in [3.8, 4) is 0 Å². The average Bonchev–Trinajstić information content (AvgIpc) is 3.23. The quantitative estimate of drug-likeness (QED) is 0.416. The lowest BCUT2D eigenvalue weighted by Gasteiger charge is -2.51. The van der Waals surface area contributed by atoms with Gasteiger partial charge in [0.1, 0.15) is 0 Å². The predicted molar refractivity (Wildman–Crippen MR) is 124 cm³/mol. The molecule has 0 saturated carbocycles. The minimum absolute atomic E-state index is 0.00276. The van der Waals surface area contributed by atoms with Crippen LogP contribution in [0.2, 0.25) is 0 Å². The van der Waals surface area contributed by atoms with E-state index in [1.807, 2.05) is 35.2 Å². The molecule has 1 N–H and O–H groups in total. The summed E-state index contributed by atoms with van der Waals surface area (Å²) in [6.45, 7) is 5.80. The first-order valence-corrected chi connectivity index (χ1v) is 11.3. The Kier molecular flexibility index (Phi) is 4.79. The van der Waals surface area contributed by atoms with Crippen LogP contribution in [0.1, 0.15) is 44.2 Å². The fourth-order valence-electron chi connectivity index (χ4n) is 5.77. The molecule has 5 rings (SSSR count). The number of carbonyl (C=O) groups is 3. The number of rotatable bonds is 2. The highest BCUT2D eigenvalue weighted by atomic mass is 16.6. The summed E-state index contributed by atoms with van der Waals surface area (Å²) < 4.78 is 0. The second-order valence-electron chi connectivity index (χ2n) is 10.3. The van der Waals surface area contributed by atoms with Gasteiger partial charge in [-0.15, -0.1) is 0 Å². The average molecular weight is 463 g/mol. The number of barbiturate groups is 1. The van der Waals surface area contributed by atoms with E-state index in [1.165, 1.54) is 12.1 Å². The van der Waals surface area contributed by atoms with Crippen LogP contribution in [0.15, 0.2) is 48.5 Å². The lowest BCUT2D eigenvalue weighted by atomic mass is 9.67. The lowest BCUT2D eigenvalue weighted by molar-refractivity contribution is -0.384. The van der Waals surface area contributed by atoms with Crippen LogP contribution in [0.5, 0.6) is 0 Å². The molecule has 0 unspecified atom stereocenters. The van der Waals surface area contributed by atoms with Gasteiger partial charge >= 0.3 is 6.03 Å². The number of benzene rings is 2. The van der Waals surface area contributed by atoms with Crippen LogP contribution in [-0.4, -0.2) is 45.8 Å². The van der Waals surface area contributed by atoms with Crippen molar-refractivity contribution < 1.29 is 19.3 Å². The molecule has 3 aliphatic heterocycles. The molecule has 1 spiro atoms. The van der Waals surface area contributed by atoms with Crippen molar-refractivity contribution in [3.05, 3.63) is 69.8 Å². The van der Waals surface area contributed by atoms with Gasteiger partial charge in [-0.05, 0) is 44.4 Å². The summed E-state index contributed by atoms with van der Waals surface area (Å²) in [7, 11) is 0. The maximum atomic E-state index is 14.1. The Balaban J connectivity index is 1.68. The number of anilines is 1. The molecule has 2 aromatic rings. The number of nitro groups is 1. The SMILES string of the molecule is CC(C)(C)N1C(=O)NC(=O)[C@@]2(Cc3cc([N+](=O)[O-])ccc3N3C[C@@H](c4ccccc4)C[C@@H]32)C1=O. The Morgan fingerprint density at radius 2 is 1.79 bits per heavy atom. The molecular formula is C25H26N4O5. The third kappa shape index (κ3) is 3.10. The topological polar surface area (TPSA) is 113 Å². The van der Waals surface area contributed by atoms with Gasteiger partial charge in [0, 0.05) is 42.2 Å². The molecule has 34 heavy (non-hydrogen) atoms. The highest BCUT2D eigenvalue weighted by Gasteiger charge is 2.65. The van der Waals surface area contributed by atoms with Crippen LogP contribution in [0.25, 0.3) is 0 Å². The van der Waals surface area contributed by atoms with Gasteiger partial charge < -0.3 is 4.90 Å². The molecular weight excluding hydrogens is 436 g/mol. The Bertz CT molecular complexity index is 1220. The fourth-order valence-corrected chi connectivity index (χ4v) is 5.77. The summed E-state index contributed by atoms with van der Waals surface area (Å²) in [6, 6.07) is 13.3. The predicted octanol–water partition coefficient (Wildman–Crippen LogP) is 3.38. The van der Waals surface area contributed by atoms with Gasteiger partial charge in [0.25, 0.3) is 5.69 Å². The Labute approximate surface area is 196 Å². The molecule has 0 radical (unpaired) electrons. The summed E-state index contributed by atoms with van der Waals surface area (Å²) in [5.41, 5.74) is -0.0561. The number of amides is 4. The number of carbonyl (C=O) groups excluding carboxylic acids is 3. The Morgan fingerprint density at radius 1 is 1.09 bits per heavy atom. The van der Waals surface area contributed by atoms with Crippen molar-refractivity contribution in [2.75, 3.05) is 11.4 Å². The number of fused-ring (bicyclic) bond motifs is 4. The summed E-state index contributed by atoms with van der Waals surface area (Å²) in [4.78, 5) is 54.5. The second kappa shape index (κ2) is 7.38. The minimum atomic E-state index is -1.56. The van der Waals surface area contributed by atoms with Crippen molar-refractivity contribution in [3.63, 3.8) is 0 Å². The first kappa shape index (κ1) is 22.1. The summed E-state index contributed by atoms with van der Waals surface area (Å²) >= 11 is 0. The fraction of sp³-hybridized carbons (Fsp3) is 0.400. The molecule has 3 aliphatic rings. The van der Waals surface area contributed by atoms with Crippen molar-refractivity contribution >= 4 is 29.2 Å². The number of nitrogens with zero attached hydrogens (tertiary/aromatic N) is 3. The zero-order valence-corrected chi connectivity index (χ0v) is 19.3. The van der Waals surface area contributed by atoms with Gasteiger partial charge in [0.15, 0.2) is 5.41 Å². The second-order valence-corrected chi connectivity index (χ2v) is 10.3. The zero-order valence-electron chi connectivity index (χ0n) is 19.3. The summed E-state index contributed by atoms with van der Waals surface area (Å²) in [5, 5.41) is 13.9. The molecule has 3 heterocycles. The molecule has 9 heteroatoms. The summed E-state index contributed by atoms with van der Waals surface area (Å²) in [6.07, 6.45) is 0.545. The van der Waals surface area contributed by atoms with E-state index in [2.05, 4.69) is 5.32 Å². The van der Waals surface area contributed by atoms with Crippen molar-refractivity contribution in [2.24, 2.45) is 5.41 Å². The first-order chi connectivity index (χ1) is 16.0. The minimum Gasteiger partial charge on any atom is -0.366 e. The highest BCUT2D eigenvalue weighted by Crippen LogP contribution is 2.52. The van der Waals surface area contributed by atoms with Crippen molar-refractivity contribution in [2.45, 2.75) is 51.1 Å². The van der Waals surface area contributed by atoms with Gasteiger partial charge in [-0.3, -0.25) is 29.9 Å². The third-order valence-electron chi connectivity index (χ3n) is 7.28. The third-order valence-corrected chi connectivity index (χ3v) is 7.28. The smallest absolute Gasteiger partial charge is 0.331 e. The molecule has 2 aromatic carbocycles. The van der Waals surface area contributed by atoms with E-state index in [0.29, 0.717) is 18.5 Å². The van der Waals surface area contributed by atoms with Crippen LogP contribution in [0.4, 0.5) is 16.2 Å². The highest BCUT2D eigenvalue weighted by molar-refractivity contribution is 6.20. The first-order valence-electron chi connectivity index (χ1n) is 11.3. The molecule has 0 bridgehead atoms. The van der Waals surface area contributed by atoms with Crippen molar-refractivity contribution in [1.82, 2.24) is 10.2 Å².